The second kappa shape index (κ2) is 6.16. The third-order valence-corrected chi connectivity index (χ3v) is 8.03. The first-order valence-corrected chi connectivity index (χ1v) is 8.75. The summed E-state index contributed by atoms with van der Waals surface area (Å²) in [7, 11) is -1.46. The molecule has 1 aromatic heterocycles. The van der Waals surface area contributed by atoms with Crippen LogP contribution >= 0.6 is 0 Å². The fourth-order valence-electron chi connectivity index (χ4n) is 1.96. The highest BCUT2D eigenvalue weighted by atomic mass is 28.4. The lowest BCUT2D eigenvalue weighted by Crippen LogP contribution is -2.35. The summed E-state index contributed by atoms with van der Waals surface area (Å²) in [6, 6.07) is 9.72. The van der Waals surface area contributed by atoms with E-state index in [0.29, 0.717) is 6.61 Å². The van der Waals surface area contributed by atoms with E-state index in [1.807, 2.05) is 25.1 Å². The number of rotatable bonds is 6. The van der Waals surface area contributed by atoms with Crippen molar-refractivity contribution in [2.24, 2.45) is 0 Å². The minimum absolute atomic E-state index is 0.684. The zero-order chi connectivity index (χ0) is 12.0. The fourth-order valence-corrected chi connectivity index (χ4v) is 4.53. The largest absolute Gasteiger partial charge is 0.411 e. The summed E-state index contributed by atoms with van der Waals surface area (Å²) < 4.78 is 6.19. The van der Waals surface area contributed by atoms with Gasteiger partial charge >= 0.3 is 0 Å². The van der Waals surface area contributed by atoms with Crippen molar-refractivity contribution in [1.29, 1.82) is 0 Å². The van der Waals surface area contributed by atoms with Gasteiger partial charge in [0.1, 0.15) is 0 Å². The topological polar surface area (TPSA) is 22.1 Å². The summed E-state index contributed by atoms with van der Waals surface area (Å²) in [5.74, 6) is 0. The van der Waals surface area contributed by atoms with Gasteiger partial charge in [0.05, 0.1) is 12.3 Å². The molecule has 0 N–H and O–H groups in total. The van der Waals surface area contributed by atoms with Gasteiger partial charge in [0.25, 0.3) is 0 Å². The van der Waals surface area contributed by atoms with Gasteiger partial charge in [-0.2, -0.15) is 0 Å². The van der Waals surface area contributed by atoms with Crippen LogP contribution in [0.25, 0.3) is 0 Å². The Balaban J connectivity index is 2.62. The number of hydrogen-bond donors (Lipinski definition) is 0. The lowest BCUT2D eigenvalue weighted by molar-refractivity contribution is 0.282. The number of hydrogen-bond acceptors (Lipinski definition) is 2. The highest BCUT2D eigenvalue weighted by Crippen LogP contribution is 2.22. The molecule has 90 valence electrons. The van der Waals surface area contributed by atoms with Crippen LogP contribution in [0.1, 0.15) is 32.2 Å². The van der Waals surface area contributed by atoms with Crippen molar-refractivity contribution in [3.05, 3.63) is 29.6 Å². The van der Waals surface area contributed by atoms with E-state index in [0.717, 1.165) is 11.4 Å². The molecular formula is C13H23NOSi. The van der Waals surface area contributed by atoms with Gasteiger partial charge in [0.2, 0.25) is 0 Å². The van der Waals surface area contributed by atoms with Crippen LogP contribution in [0.15, 0.2) is 18.2 Å². The second-order valence-corrected chi connectivity index (χ2v) is 9.08. The van der Waals surface area contributed by atoms with Crippen LogP contribution in [0, 0.1) is 6.92 Å². The van der Waals surface area contributed by atoms with Crippen molar-refractivity contribution in [3.63, 3.8) is 0 Å². The Morgan fingerprint density at radius 3 is 2.25 bits per heavy atom. The molecule has 16 heavy (non-hydrogen) atoms. The molecule has 1 rings (SSSR count). The molecule has 0 aliphatic carbocycles. The average molecular weight is 237 g/mol. The summed E-state index contributed by atoms with van der Waals surface area (Å²) in [5.41, 5.74) is 2.13. The van der Waals surface area contributed by atoms with Crippen molar-refractivity contribution >= 4 is 8.32 Å². The smallest absolute Gasteiger partial charge is 0.192 e. The van der Waals surface area contributed by atoms with Gasteiger partial charge in [-0.25, -0.2) is 0 Å². The first-order valence-electron chi connectivity index (χ1n) is 6.22. The Kier molecular flexibility index (Phi) is 5.15. The van der Waals surface area contributed by atoms with Crippen LogP contribution in [0.4, 0.5) is 0 Å². The van der Waals surface area contributed by atoms with Crippen LogP contribution in [0.5, 0.6) is 0 Å². The monoisotopic (exact) mass is 237 g/mol. The second-order valence-electron chi connectivity index (χ2n) is 4.30. The van der Waals surface area contributed by atoms with Crippen molar-refractivity contribution in [2.45, 2.75) is 52.4 Å². The number of pyridine rings is 1. The van der Waals surface area contributed by atoms with Crippen molar-refractivity contribution < 1.29 is 4.43 Å². The number of aryl methyl sites for hydroxylation is 1. The summed E-state index contributed by atoms with van der Waals surface area (Å²) in [6.07, 6.45) is 0. The molecule has 0 bridgehead atoms. The first-order chi connectivity index (χ1) is 7.65. The minimum Gasteiger partial charge on any atom is -0.411 e. The maximum atomic E-state index is 6.19. The molecular weight excluding hydrogens is 214 g/mol. The quantitative estimate of drug-likeness (QED) is 0.700. The molecule has 0 saturated carbocycles. The highest BCUT2D eigenvalue weighted by Gasteiger charge is 2.28. The van der Waals surface area contributed by atoms with E-state index in [2.05, 4.69) is 25.8 Å². The third-order valence-electron chi connectivity index (χ3n) is 3.41. The zero-order valence-corrected chi connectivity index (χ0v) is 11.9. The predicted octanol–water partition coefficient (Wildman–Crippen LogP) is 3.91. The van der Waals surface area contributed by atoms with Crippen LogP contribution in [-0.2, 0) is 11.0 Å². The van der Waals surface area contributed by atoms with Crippen LogP contribution in [0.3, 0.4) is 0 Å². The number of nitrogens with zero attached hydrogens (tertiary/aromatic N) is 1. The van der Waals surface area contributed by atoms with E-state index >= 15 is 0 Å². The molecule has 2 nitrogen and oxygen atoms in total. The van der Waals surface area contributed by atoms with Crippen molar-refractivity contribution in [1.82, 2.24) is 4.98 Å². The van der Waals surface area contributed by atoms with Gasteiger partial charge in [-0.15, -0.1) is 0 Å². The van der Waals surface area contributed by atoms with E-state index in [4.69, 9.17) is 4.43 Å². The fraction of sp³-hybridized carbons (Fsp3) is 0.615. The third kappa shape index (κ3) is 3.42. The van der Waals surface area contributed by atoms with E-state index in [9.17, 15) is 0 Å². The SMILES string of the molecule is CC[Si](CC)(CC)OCc1cccc(C)n1. The molecule has 0 aliphatic heterocycles. The molecule has 1 heterocycles. The lowest BCUT2D eigenvalue weighted by atomic mass is 10.3. The minimum atomic E-state index is -1.46. The molecule has 0 atom stereocenters. The molecule has 0 saturated heterocycles. The zero-order valence-electron chi connectivity index (χ0n) is 10.9. The van der Waals surface area contributed by atoms with E-state index in [1.165, 1.54) is 18.1 Å². The summed E-state index contributed by atoms with van der Waals surface area (Å²) in [4.78, 5) is 4.48. The molecule has 0 amide bonds. The van der Waals surface area contributed by atoms with Crippen molar-refractivity contribution in [3.8, 4) is 0 Å². The standard InChI is InChI=1S/C13H23NOSi/c1-5-16(6-2,7-3)15-11-13-10-8-9-12(4)14-13/h8-10H,5-7,11H2,1-4H3. The first kappa shape index (κ1) is 13.4. The molecule has 0 aliphatic rings. The Labute approximate surface area is 100 Å². The van der Waals surface area contributed by atoms with Crippen molar-refractivity contribution in [2.75, 3.05) is 0 Å². The van der Waals surface area contributed by atoms with Crippen LogP contribution < -0.4 is 0 Å². The van der Waals surface area contributed by atoms with E-state index in [1.54, 1.807) is 0 Å². The normalized spacial score (nSPS) is 11.8. The average Bonchev–Trinajstić information content (AvgIpc) is 2.32. The molecule has 0 fully saturated rings. The molecule has 0 radical (unpaired) electrons. The maximum absolute atomic E-state index is 6.19. The van der Waals surface area contributed by atoms with Gasteiger partial charge < -0.3 is 4.43 Å². The number of aromatic nitrogens is 1. The Bertz CT molecular complexity index is 315. The van der Waals surface area contributed by atoms with E-state index in [-0.39, 0.29) is 0 Å². The van der Waals surface area contributed by atoms with Crippen LogP contribution in [-0.4, -0.2) is 13.3 Å². The Hall–Kier alpha value is -0.673. The van der Waals surface area contributed by atoms with Gasteiger partial charge in [-0.05, 0) is 37.2 Å². The van der Waals surface area contributed by atoms with Gasteiger partial charge in [-0.1, -0.05) is 26.8 Å². The predicted molar refractivity (Wildman–Crippen MR) is 71.0 cm³/mol. The molecule has 0 unspecified atom stereocenters. The molecule has 0 spiro atoms. The lowest BCUT2D eigenvalue weighted by Gasteiger charge is -2.27. The Morgan fingerprint density at radius 2 is 1.75 bits per heavy atom. The van der Waals surface area contributed by atoms with Gasteiger partial charge in [-0.3, -0.25) is 4.98 Å². The maximum Gasteiger partial charge on any atom is 0.192 e. The van der Waals surface area contributed by atoms with Gasteiger partial charge in [0, 0.05) is 5.69 Å². The van der Waals surface area contributed by atoms with E-state index < -0.39 is 8.32 Å². The van der Waals surface area contributed by atoms with Gasteiger partial charge in [0.15, 0.2) is 8.32 Å². The summed E-state index contributed by atoms with van der Waals surface area (Å²) >= 11 is 0. The molecule has 1 aromatic rings. The Morgan fingerprint density at radius 1 is 1.12 bits per heavy atom. The van der Waals surface area contributed by atoms with Crippen LogP contribution in [0.2, 0.25) is 18.1 Å². The molecule has 3 heteroatoms. The summed E-state index contributed by atoms with van der Waals surface area (Å²) in [6.45, 7) is 9.46. The summed E-state index contributed by atoms with van der Waals surface area (Å²) in [5, 5.41) is 0. The highest BCUT2D eigenvalue weighted by molar-refractivity contribution is 6.73. The molecule has 0 aromatic carbocycles.